The minimum atomic E-state index is -0.983. The normalized spacial score (nSPS) is 9.93. The van der Waals surface area contributed by atoms with Gasteiger partial charge in [-0.25, -0.2) is 9.78 Å². The summed E-state index contributed by atoms with van der Waals surface area (Å²) in [5, 5.41) is 8.88. The van der Waals surface area contributed by atoms with Gasteiger partial charge in [0.1, 0.15) is 11.3 Å². The molecule has 0 spiro atoms. The molecular formula is C9H8Cl2N2O2. The summed E-state index contributed by atoms with van der Waals surface area (Å²) < 4.78 is 0. The van der Waals surface area contributed by atoms with Crippen LogP contribution in [0.3, 0.4) is 0 Å². The largest absolute Gasteiger partial charge is 0.478 e. The lowest BCUT2D eigenvalue weighted by Crippen LogP contribution is -1.96. The average molecular weight is 247 g/mol. The van der Waals surface area contributed by atoms with Gasteiger partial charge in [-0.3, -0.25) is 0 Å². The van der Waals surface area contributed by atoms with E-state index in [1.807, 2.05) is 0 Å². The van der Waals surface area contributed by atoms with E-state index in [0.29, 0.717) is 16.9 Å². The number of aromatic carboxylic acids is 1. The van der Waals surface area contributed by atoms with E-state index in [0.717, 1.165) is 0 Å². The van der Waals surface area contributed by atoms with Crippen molar-refractivity contribution in [2.24, 2.45) is 0 Å². The van der Waals surface area contributed by atoms with Crippen LogP contribution in [0.25, 0.3) is 11.0 Å². The molecule has 0 aliphatic carbocycles. The zero-order valence-electron chi connectivity index (χ0n) is 7.53. The van der Waals surface area contributed by atoms with E-state index in [9.17, 15) is 4.79 Å². The van der Waals surface area contributed by atoms with Crippen molar-refractivity contribution in [3.8, 4) is 0 Å². The second-order valence-corrected chi connectivity index (χ2v) is 3.09. The molecule has 6 heteroatoms. The molecule has 15 heavy (non-hydrogen) atoms. The summed E-state index contributed by atoms with van der Waals surface area (Å²) in [4.78, 5) is 17.8. The molecule has 2 N–H and O–H groups in total. The van der Waals surface area contributed by atoms with Crippen molar-refractivity contribution in [1.29, 1.82) is 0 Å². The molecule has 80 valence electrons. The summed E-state index contributed by atoms with van der Waals surface area (Å²) >= 11 is 5.59. The summed E-state index contributed by atoms with van der Waals surface area (Å²) in [6.45, 7) is 0. The Labute approximate surface area is 96.7 Å². The number of carbonyl (C=O) groups is 1. The molecule has 0 atom stereocenters. The molecule has 1 aromatic carbocycles. The molecular weight excluding hydrogens is 239 g/mol. The Morgan fingerprint density at radius 1 is 1.53 bits per heavy atom. The highest BCUT2D eigenvalue weighted by atomic mass is 35.5. The zero-order valence-corrected chi connectivity index (χ0v) is 9.10. The van der Waals surface area contributed by atoms with Crippen molar-refractivity contribution < 1.29 is 9.90 Å². The number of para-hydroxylation sites is 1. The Kier molecular flexibility index (Phi) is 3.55. The Morgan fingerprint density at radius 2 is 2.27 bits per heavy atom. The molecule has 4 nitrogen and oxygen atoms in total. The third-order valence-electron chi connectivity index (χ3n) is 1.92. The molecule has 0 saturated carbocycles. The second kappa shape index (κ2) is 4.51. The van der Waals surface area contributed by atoms with Crippen molar-refractivity contribution in [3.05, 3.63) is 29.6 Å². The van der Waals surface area contributed by atoms with Crippen LogP contribution in [0, 0.1) is 0 Å². The first-order chi connectivity index (χ1) is 6.72. The zero-order chi connectivity index (χ0) is 10.1. The minimum absolute atomic E-state index is 0. The number of nitrogens with zero attached hydrogens (tertiary/aromatic N) is 1. The third kappa shape index (κ3) is 2.06. The number of aromatic amines is 1. The van der Waals surface area contributed by atoms with Crippen LogP contribution in [0.1, 0.15) is 16.2 Å². The van der Waals surface area contributed by atoms with Gasteiger partial charge in [0.25, 0.3) is 0 Å². The average Bonchev–Trinajstić information content (AvgIpc) is 2.59. The monoisotopic (exact) mass is 246 g/mol. The highest BCUT2D eigenvalue weighted by molar-refractivity contribution is 6.17. The number of carboxylic acids is 1. The minimum Gasteiger partial charge on any atom is -0.478 e. The molecule has 0 amide bonds. The molecule has 0 aliphatic heterocycles. The summed E-state index contributed by atoms with van der Waals surface area (Å²) in [5.74, 6) is -0.160. The quantitative estimate of drug-likeness (QED) is 0.801. The summed E-state index contributed by atoms with van der Waals surface area (Å²) in [5.41, 5.74) is 1.34. The number of imidazole rings is 1. The lowest BCUT2D eigenvalue weighted by Gasteiger charge is -1.93. The fourth-order valence-electron chi connectivity index (χ4n) is 1.32. The molecule has 2 rings (SSSR count). The molecule has 0 radical (unpaired) electrons. The number of rotatable bonds is 2. The Balaban J connectivity index is 0.00000112. The third-order valence-corrected chi connectivity index (χ3v) is 2.17. The van der Waals surface area contributed by atoms with E-state index in [1.54, 1.807) is 12.1 Å². The summed E-state index contributed by atoms with van der Waals surface area (Å²) in [6.07, 6.45) is 0. The van der Waals surface area contributed by atoms with Gasteiger partial charge in [-0.15, -0.1) is 24.0 Å². The predicted octanol–water partition coefficient (Wildman–Crippen LogP) is 2.42. The van der Waals surface area contributed by atoms with Crippen LogP contribution >= 0.6 is 24.0 Å². The number of fused-ring (bicyclic) bond motifs is 1. The van der Waals surface area contributed by atoms with Gasteiger partial charge in [0, 0.05) is 0 Å². The molecule has 1 aromatic heterocycles. The first-order valence-corrected chi connectivity index (χ1v) is 4.52. The number of hydrogen-bond donors (Lipinski definition) is 2. The number of hydrogen-bond acceptors (Lipinski definition) is 2. The van der Waals surface area contributed by atoms with Crippen LogP contribution in [-0.4, -0.2) is 21.0 Å². The lowest BCUT2D eigenvalue weighted by atomic mass is 10.2. The Hall–Kier alpha value is -1.26. The van der Waals surface area contributed by atoms with E-state index in [1.165, 1.54) is 6.07 Å². The van der Waals surface area contributed by atoms with Crippen molar-refractivity contribution >= 4 is 41.0 Å². The van der Waals surface area contributed by atoms with Crippen LogP contribution in [0.5, 0.6) is 0 Å². The fraction of sp³-hybridized carbons (Fsp3) is 0.111. The maximum absolute atomic E-state index is 10.8. The number of nitrogens with one attached hydrogen (secondary N) is 1. The number of benzene rings is 1. The van der Waals surface area contributed by atoms with Crippen molar-refractivity contribution in [2.75, 3.05) is 0 Å². The van der Waals surface area contributed by atoms with Crippen molar-refractivity contribution in [1.82, 2.24) is 9.97 Å². The van der Waals surface area contributed by atoms with Crippen LogP contribution < -0.4 is 0 Å². The van der Waals surface area contributed by atoms with Gasteiger partial charge in [-0.05, 0) is 12.1 Å². The van der Waals surface area contributed by atoms with E-state index in [2.05, 4.69) is 9.97 Å². The Bertz CT molecular complexity index is 496. The lowest BCUT2D eigenvalue weighted by molar-refractivity contribution is 0.0699. The van der Waals surface area contributed by atoms with Gasteiger partial charge in [0.2, 0.25) is 0 Å². The molecule has 1 heterocycles. The molecule has 0 bridgehead atoms. The number of alkyl halides is 1. The van der Waals surface area contributed by atoms with Crippen LogP contribution in [-0.2, 0) is 5.88 Å². The molecule has 0 saturated heterocycles. The summed E-state index contributed by atoms with van der Waals surface area (Å²) in [7, 11) is 0. The first kappa shape index (κ1) is 11.8. The molecule has 2 aromatic rings. The van der Waals surface area contributed by atoms with Gasteiger partial charge in [0.15, 0.2) is 0 Å². The van der Waals surface area contributed by atoms with E-state index in [-0.39, 0.29) is 23.9 Å². The van der Waals surface area contributed by atoms with Crippen LogP contribution in [0.4, 0.5) is 0 Å². The summed E-state index contributed by atoms with van der Waals surface area (Å²) in [6, 6.07) is 4.95. The first-order valence-electron chi connectivity index (χ1n) is 3.99. The van der Waals surface area contributed by atoms with Gasteiger partial charge in [-0.1, -0.05) is 6.07 Å². The second-order valence-electron chi connectivity index (χ2n) is 2.82. The maximum Gasteiger partial charge on any atom is 0.337 e. The SMILES string of the molecule is Cl.O=C(O)c1cccc2[nH]c(CCl)nc12. The van der Waals surface area contributed by atoms with Gasteiger partial charge < -0.3 is 10.1 Å². The van der Waals surface area contributed by atoms with Crippen LogP contribution in [0.15, 0.2) is 18.2 Å². The maximum atomic E-state index is 10.8. The van der Waals surface area contributed by atoms with E-state index < -0.39 is 5.97 Å². The number of H-pyrrole nitrogens is 1. The van der Waals surface area contributed by atoms with E-state index in [4.69, 9.17) is 16.7 Å². The van der Waals surface area contributed by atoms with Crippen LogP contribution in [0.2, 0.25) is 0 Å². The van der Waals surface area contributed by atoms with Gasteiger partial charge in [0.05, 0.1) is 17.0 Å². The number of aromatic nitrogens is 2. The van der Waals surface area contributed by atoms with Gasteiger partial charge >= 0.3 is 5.97 Å². The van der Waals surface area contributed by atoms with E-state index >= 15 is 0 Å². The Morgan fingerprint density at radius 3 is 2.87 bits per heavy atom. The molecule has 0 unspecified atom stereocenters. The molecule has 0 fully saturated rings. The van der Waals surface area contributed by atoms with Crippen molar-refractivity contribution in [2.45, 2.75) is 5.88 Å². The highest BCUT2D eigenvalue weighted by Gasteiger charge is 2.11. The molecule has 0 aliphatic rings. The number of halogens is 2. The smallest absolute Gasteiger partial charge is 0.337 e. The van der Waals surface area contributed by atoms with Gasteiger partial charge in [-0.2, -0.15) is 0 Å². The highest BCUT2D eigenvalue weighted by Crippen LogP contribution is 2.17. The predicted molar refractivity (Wildman–Crippen MR) is 59.9 cm³/mol. The standard InChI is InChI=1S/C9H7ClN2O2.ClH/c10-4-7-11-6-3-1-2-5(9(13)14)8(6)12-7;/h1-3H,4H2,(H,11,12)(H,13,14);1H. The topological polar surface area (TPSA) is 66.0 Å². The number of carboxylic acid groups (broad SMARTS) is 1. The van der Waals surface area contributed by atoms with Crippen molar-refractivity contribution in [3.63, 3.8) is 0 Å². The fourth-order valence-corrected chi connectivity index (χ4v) is 1.45.